The van der Waals surface area contributed by atoms with Crippen LogP contribution in [0.4, 0.5) is 0 Å². The molecule has 1 unspecified atom stereocenters. The van der Waals surface area contributed by atoms with E-state index in [0.29, 0.717) is 18.6 Å². The Morgan fingerprint density at radius 3 is 2.51 bits per heavy atom. The molecule has 2 spiro atoms. The minimum atomic E-state index is -0.0818. The standard InChI is InChI=1S/C37H41NO3/c1-39-30-15-14-27-20-31-35-16-17-36(28-10-6-3-7-11-28,29(21-35)24-40-23-26-8-4-2-5-9-26)34-37(35,32(27)33(30)41-34)18-19-38(31)22-25-12-13-25/h2-11,14-15,25,29,31,34H,12-13,16-24H2,1H3/t29?,31-,34+,35-,36-,37+/m1/s1. The molecule has 0 radical (unpaired) electrons. The van der Waals surface area contributed by atoms with Crippen LogP contribution in [0.15, 0.2) is 72.8 Å². The molecule has 6 atom stereocenters. The summed E-state index contributed by atoms with van der Waals surface area (Å²) in [7, 11) is 1.81. The maximum Gasteiger partial charge on any atom is 0.165 e. The van der Waals surface area contributed by atoms with E-state index in [1.807, 2.05) is 7.11 Å². The summed E-state index contributed by atoms with van der Waals surface area (Å²) in [5.74, 6) is 3.29. The van der Waals surface area contributed by atoms with Crippen LogP contribution >= 0.6 is 0 Å². The lowest BCUT2D eigenvalue weighted by atomic mass is 9.32. The van der Waals surface area contributed by atoms with Crippen molar-refractivity contribution in [2.24, 2.45) is 17.3 Å². The number of fused-ring (bicyclic) bond motifs is 2. The molecular formula is C37H41NO3. The summed E-state index contributed by atoms with van der Waals surface area (Å²) in [4.78, 5) is 2.94. The van der Waals surface area contributed by atoms with E-state index < -0.39 is 0 Å². The van der Waals surface area contributed by atoms with E-state index in [2.05, 4.69) is 77.7 Å². The third kappa shape index (κ3) is 3.19. The van der Waals surface area contributed by atoms with Crippen LogP contribution in [0.25, 0.3) is 0 Å². The zero-order valence-electron chi connectivity index (χ0n) is 24.2. The smallest absolute Gasteiger partial charge is 0.165 e. The van der Waals surface area contributed by atoms with Crippen molar-refractivity contribution in [1.82, 2.24) is 4.90 Å². The Morgan fingerprint density at radius 2 is 1.73 bits per heavy atom. The first kappa shape index (κ1) is 24.7. The zero-order valence-corrected chi connectivity index (χ0v) is 24.2. The van der Waals surface area contributed by atoms with Gasteiger partial charge in [0.25, 0.3) is 0 Å². The molecule has 7 aliphatic rings. The highest BCUT2D eigenvalue weighted by Gasteiger charge is 2.80. The third-order valence-corrected chi connectivity index (χ3v) is 12.5. The maximum atomic E-state index is 7.41. The number of hydrogen-bond donors (Lipinski definition) is 0. The average Bonchev–Trinajstić information content (AvgIpc) is 3.76. The molecule has 2 aliphatic heterocycles. The lowest BCUT2D eigenvalue weighted by Gasteiger charge is -2.74. The maximum absolute atomic E-state index is 7.41. The Balaban J connectivity index is 1.20. The third-order valence-electron chi connectivity index (χ3n) is 12.5. The molecule has 10 rings (SSSR count). The molecule has 1 saturated heterocycles. The van der Waals surface area contributed by atoms with E-state index in [1.54, 1.807) is 0 Å². The van der Waals surface area contributed by atoms with E-state index in [0.717, 1.165) is 30.4 Å². The number of piperidine rings is 1. The number of methoxy groups -OCH3 is 1. The molecule has 41 heavy (non-hydrogen) atoms. The normalized spacial score (nSPS) is 36.1. The van der Waals surface area contributed by atoms with E-state index in [9.17, 15) is 0 Å². The molecule has 0 N–H and O–H groups in total. The van der Waals surface area contributed by atoms with E-state index in [1.165, 1.54) is 73.9 Å². The minimum absolute atomic E-state index is 0.0409. The summed E-state index contributed by atoms with van der Waals surface area (Å²) >= 11 is 0. The lowest BCUT2D eigenvalue weighted by Crippen LogP contribution is -2.80. The highest BCUT2D eigenvalue weighted by molar-refractivity contribution is 5.64. The van der Waals surface area contributed by atoms with Crippen molar-refractivity contribution in [2.45, 2.75) is 74.5 Å². The molecule has 2 heterocycles. The van der Waals surface area contributed by atoms with Crippen LogP contribution in [0.1, 0.15) is 60.8 Å². The van der Waals surface area contributed by atoms with Gasteiger partial charge in [-0.15, -0.1) is 0 Å². The highest BCUT2D eigenvalue weighted by atomic mass is 16.5. The fourth-order valence-electron chi connectivity index (χ4n) is 10.7. The van der Waals surface area contributed by atoms with Crippen molar-refractivity contribution in [3.63, 3.8) is 0 Å². The molecular weight excluding hydrogens is 506 g/mol. The minimum Gasteiger partial charge on any atom is -0.493 e. The predicted octanol–water partition coefficient (Wildman–Crippen LogP) is 6.69. The van der Waals surface area contributed by atoms with Crippen molar-refractivity contribution in [3.05, 3.63) is 95.1 Å². The molecule has 4 saturated carbocycles. The second-order valence-electron chi connectivity index (χ2n) is 14.0. The number of likely N-dealkylation sites (tertiary alicyclic amines) is 1. The average molecular weight is 548 g/mol. The molecule has 4 heteroatoms. The van der Waals surface area contributed by atoms with Gasteiger partial charge in [-0.3, -0.25) is 4.90 Å². The summed E-state index contributed by atoms with van der Waals surface area (Å²) in [6, 6.07) is 27.2. The molecule has 5 aliphatic carbocycles. The van der Waals surface area contributed by atoms with Crippen molar-refractivity contribution < 1.29 is 14.2 Å². The first-order valence-corrected chi connectivity index (χ1v) is 16.0. The molecule has 4 nitrogen and oxygen atoms in total. The number of hydrogen-bond acceptors (Lipinski definition) is 4. The fourth-order valence-corrected chi connectivity index (χ4v) is 10.7. The molecule has 3 aromatic rings. The second kappa shape index (κ2) is 8.84. The van der Waals surface area contributed by atoms with Crippen LogP contribution in [0, 0.1) is 17.3 Å². The van der Waals surface area contributed by atoms with E-state index in [-0.39, 0.29) is 22.3 Å². The predicted molar refractivity (Wildman–Crippen MR) is 159 cm³/mol. The van der Waals surface area contributed by atoms with Gasteiger partial charge >= 0.3 is 0 Å². The van der Waals surface area contributed by atoms with Gasteiger partial charge in [0, 0.05) is 34.4 Å². The van der Waals surface area contributed by atoms with E-state index >= 15 is 0 Å². The van der Waals surface area contributed by atoms with Gasteiger partial charge in [0.05, 0.1) is 20.3 Å². The number of nitrogens with zero attached hydrogens (tertiary/aromatic N) is 1. The van der Waals surface area contributed by atoms with Crippen LogP contribution in [0.3, 0.4) is 0 Å². The van der Waals surface area contributed by atoms with Gasteiger partial charge in [-0.05, 0) is 86.1 Å². The monoisotopic (exact) mass is 547 g/mol. The quantitative estimate of drug-likeness (QED) is 0.314. The summed E-state index contributed by atoms with van der Waals surface area (Å²) < 4.78 is 20.1. The summed E-state index contributed by atoms with van der Waals surface area (Å²) in [5.41, 5.74) is 5.91. The summed E-state index contributed by atoms with van der Waals surface area (Å²) in [6.07, 6.45) is 8.95. The number of rotatable bonds is 8. The fraction of sp³-hybridized carbons (Fsp3) is 0.514. The van der Waals surface area contributed by atoms with Gasteiger partial charge < -0.3 is 14.2 Å². The summed E-state index contributed by atoms with van der Waals surface area (Å²) in [6.45, 7) is 3.92. The zero-order chi connectivity index (χ0) is 27.2. The van der Waals surface area contributed by atoms with Gasteiger partial charge in [-0.2, -0.15) is 0 Å². The van der Waals surface area contributed by atoms with Gasteiger partial charge in [0.2, 0.25) is 0 Å². The Bertz CT molecular complexity index is 1470. The Labute approximate surface area is 244 Å². The Kier molecular flexibility index (Phi) is 5.34. The number of benzene rings is 3. The van der Waals surface area contributed by atoms with Crippen molar-refractivity contribution in [2.75, 3.05) is 26.8 Å². The Hall–Kier alpha value is -2.82. The summed E-state index contributed by atoms with van der Waals surface area (Å²) in [5, 5.41) is 0. The van der Waals surface area contributed by atoms with Crippen LogP contribution in [-0.4, -0.2) is 43.9 Å². The van der Waals surface area contributed by atoms with E-state index in [4.69, 9.17) is 14.2 Å². The van der Waals surface area contributed by atoms with Crippen LogP contribution in [0.2, 0.25) is 0 Å². The lowest BCUT2D eigenvalue weighted by molar-refractivity contribution is -0.220. The van der Waals surface area contributed by atoms with Crippen molar-refractivity contribution >= 4 is 0 Å². The van der Waals surface area contributed by atoms with Gasteiger partial charge in [-0.1, -0.05) is 66.7 Å². The molecule has 0 amide bonds. The second-order valence-corrected chi connectivity index (χ2v) is 14.0. The van der Waals surface area contributed by atoms with Crippen LogP contribution in [0.5, 0.6) is 11.5 Å². The molecule has 212 valence electrons. The van der Waals surface area contributed by atoms with Crippen LogP contribution in [-0.2, 0) is 28.6 Å². The molecule has 3 aromatic carbocycles. The van der Waals surface area contributed by atoms with Gasteiger partial charge in [0.1, 0.15) is 6.10 Å². The highest BCUT2D eigenvalue weighted by Crippen LogP contribution is 2.78. The van der Waals surface area contributed by atoms with Crippen LogP contribution < -0.4 is 9.47 Å². The first-order valence-electron chi connectivity index (χ1n) is 16.0. The molecule has 0 aromatic heterocycles. The molecule has 4 bridgehead atoms. The number of ether oxygens (including phenoxy) is 3. The molecule has 5 fully saturated rings. The van der Waals surface area contributed by atoms with Crippen molar-refractivity contribution in [1.29, 1.82) is 0 Å². The van der Waals surface area contributed by atoms with Crippen molar-refractivity contribution in [3.8, 4) is 11.5 Å². The van der Waals surface area contributed by atoms with Gasteiger partial charge in [0.15, 0.2) is 11.5 Å². The first-order chi connectivity index (χ1) is 20.2. The largest absolute Gasteiger partial charge is 0.493 e. The van der Waals surface area contributed by atoms with Gasteiger partial charge in [-0.25, -0.2) is 0 Å². The Morgan fingerprint density at radius 1 is 0.927 bits per heavy atom. The SMILES string of the molecule is COc1ccc2c3c1O[C@@H]1[C@]34CCN(CC3CC3)[C@H](C2)[C@]42CC[C@@]1(c1ccccc1)C(COCc1ccccc1)C2. The topological polar surface area (TPSA) is 30.9 Å².